The standard InChI is InChI=1S/C15H11ClFN3OS/c16-10-7-9(5-6-11(10)17)18-14(21)8-22-15-19-12-3-1-2-4-13(12)20-15/h1-7H,8H2,(H,18,21)(H,19,20). The molecule has 0 spiro atoms. The van der Waals surface area contributed by atoms with Crippen molar-refractivity contribution in [3.63, 3.8) is 0 Å². The van der Waals surface area contributed by atoms with Crippen LogP contribution >= 0.6 is 23.4 Å². The molecular weight excluding hydrogens is 325 g/mol. The van der Waals surface area contributed by atoms with Crippen LogP contribution in [0.3, 0.4) is 0 Å². The molecule has 22 heavy (non-hydrogen) atoms. The molecule has 0 bridgehead atoms. The molecule has 0 fully saturated rings. The van der Waals surface area contributed by atoms with Crippen LogP contribution in [-0.4, -0.2) is 21.6 Å². The lowest BCUT2D eigenvalue weighted by Crippen LogP contribution is -2.14. The number of nitrogens with one attached hydrogen (secondary N) is 2. The number of halogens is 2. The molecule has 0 radical (unpaired) electrons. The van der Waals surface area contributed by atoms with Crippen molar-refractivity contribution < 1.29 is 9.18 Å². The van der Waals surface area contributed by atoms with Crippen LogP contribution in [0, 0.1) is 5.82 Å². The van der Waals surface area contributed by atoms with Gasteiger partial charge in [-0.1, -0.05) is 35.5 Å². The Labute approximate surface area is 135 Å². The number of amides is 1. The van der Waals surface area contributed by atoms with Crippen molar-refractivity contribution in [2.45, 2.75) is 5.16 Å². The number of anilines is 1. The molecule has 0 saturated carbocycles. The molecule has 1 amide bonds. The molecule has 1 heterocycles. The zero-order chi connectivity index (χ0) is 15.5. The van der Waals surface area contributed by atoms with Gasteiger partial charge in [-0.25, -0.2) is 9.37 Å². The van der Waals surface area contributed by atoms with Crippen LogP contribution in [0.15, 0.2) is 47.6 Å². The summed E-state index contributed by atoms with van der Waals surface area (Å²) in [6, 6.07) is 11.7. The number of para-hydroxylation sites is 2. The Balaban J connectivity index is 1.60. The van der Waals surface area contributed by atoms with Crippen LogP contribution in [0.25, 0.3) is 11.0 Å². The van der Waals surface area contributed by atoms with Crippen LogP contribution in [0.1, 0.15) is 0 Å². The maximum atomic E-state index is 13.0. The minimum Gasteiger partial charge on any atom is -0.333 e. The van der Waals surface area contributed by atoms with E-state index in [2.05, 4.69) is 15.3 Å². The van der Waals surface area contributed by atoms with Gasteiger partial charge in [0.15, 0.2) is 5.16 Å². The summed E-state index contributed by atoms with van der Waals surface area (Å²) in [6.07, 6.45) is 0. The number of rotatable bonds is 4. The average molecular weight is 336 g/mol. The fourth-order valence-corrected chi connectivity index (χ4v) is 2.77. The molecule has 0 aliphatic carbocycles. The first-order valence-corrected chi connectivity index (χ1v) is 7.80. The number of nitrogens with zero attached hydrogens (tertiary/aromatic N) is 1. The van der Waals surface area contributed by atoms with E-state index in [1.807, 2.05) is 24.3 Å². The minimum atomic E-state index is -0.517. The van der Waals surface area contributed by atoms with E-state index in [0.29, 0.717) is 10.8 Å². The maximum absolute atomic E-state index is 13.0. The van der Waals surface area contributed by atoms with Crippen LogP contribution in [0.4, 0.5) is 10.1 Å². The van der Waals surface area contributed by atoms with Crippen molar-refractivity contribution in [1.82, 2.24) is 9.97 Å². The number of carbonyl (C=O) groups excluding carboxylic acids is 1. The first-order valence-electron chi connectivity index (χ1n) is 6.44. The molecule has 0 aliphatic heterocycles. The van der Waals surface area contributed by atoms with E-state index in [0.717, 1.165) is 11.0 Å². The number of imidazole rings is 1. The highest BCUT2D eigenvalue weighted by molar-refractivity contribution is 7.99. The number of fused-ring (bicyclic) bond motifs is 1. The van der Waals surface area contributed by atoms with Gasteiger partial charge in [0, 0.05) is 5.69 Å². The fraction of sp³-hybridized carbons (Fsp3) is 0.0667. The van der Waals surface area contributed by atoms with E-state index in [1.54, 1.807) is 0 Å². The van der Waals surface area contributed by atoms with Gasteiger partial charge in [-0.2, -0.15) is 0 Å². The van der Waals surface area contributed by atoms with Crippen LogP contribution in [0.5, 0.6) is 0 Å². The Kier molecular flexibility index (Phi) is 4.31. The predicted molar refractivity (Wildman–Crippen MR) is 86.9 cm³/mol. The second-order valence-corrected chi connectivity index (χ2v) is 5.90. The van der Waals surface area contributed by atoms with Gasteiger partial charge in [-0.3, -0.25) is 4.79 Å². The zero-order valence-corrected chi connectivity index (χ0v) is 12.8. The zero-order valence-electron chi connectivity index (χ0n) is 11.3. The molecule has 112 valence electrons. The summed E-state index contributed by atoms with van der Waals surface area (Å²) in [6.45, 7) is 0. The Bertz CT molecular complexity index is 804. The Morgan fingerprint density at radius 1 is 1.32 bits per heavy atom. The van der Waals surface area contributed by atoms with Gasteiger partial charge in [-0.05, 0) is 30.3 Å². The van der Waals surface area contributed by atoms with Gasteiger partial charge in [0.1, 0.15) is 5.82 Å². The van der Waals surface area contributed by atoms with Gasteiger partial charge in [0.2, 0.25) is 5.91 Å². The maximum Gasteiger partial charge on any atom is 0.234 e. The lowest BCUT2D eigenvalue weighted by Gasteiger charge is -2.05. The Hall–Kier alpha value is -2.05. The third kappa shape index (κ3) is 3.40. The SMILES string of the molecule is O=C(CSc1nc2ccccc2[nH]1)Nc1ccc(F)c(Cl)c1. The normalized spacial score (nSPS) is 10.8. The quantitative estimate of drug-likeness (QED) is 0.706. The molecule has 3 aromatic rings. The van der Waals surface area contributed by atoms with Crippen molar-refractivity contribution in [2.24, 2.45) is 0 Å². The van der Waals surface area contributed by atoms with Crippen LogP contribution < -0.4 is 5.32 Å². The highest BCUT2D eigenvalue weighted by Gasteiger charge is 2.08. The number of H-pyrrole nitrogens is 1. The second kappa shape index (κ2) is 6.37. The summed E-state index contributed by atoms with van der Waals surface area (Å²) >= 11 is 6.96. The van der Waals surface area contributed by atoms with Gasteiger partial charge < -0.3 is 10.3 Å². The van der Waals surface area contributed by atoms with Crippen molar-refractivity contribution in [3.05, 3.63) is 53.3 Å². The van der Waals surface area contributed by atoms with Crippen molar-refractivity contribution >= 4 is 46.0 Å². The molecule has 0 unspecified atom stereocenters. The third-order valence-corrected chi connectivity index (χ3v) is 4.07. The largest absolute Gasteiger partial charge is 0.333 e. The fourth-order valence-electron chi connectivity index (χ4n) is 1.90. The van der Waals surface area contributed by atoms with Gasteiger partial charge >= 0.3 is 0 Å². The highest BCUT2D eigenvalue weighted by atomic mass is 35.5. The molecule has 3 rings (SSSR count). The summed E-state index contributed by atoms with van der Waals surface area (Å²) in [5, 5.41) is 3.31. The molecule has 2 N–H and O–H groups in total. The number of thioether (sulfide) groups is 1. The van der Waals surface area contributed by atoms with Gasteiger partial charge in [0.05, 0.1) is 21.8 Å². The number of benzene rings is 2. The Morgan fingerprint density at radius 2 is 2.14 bits per heavy atom. The molecule has 4 nitrogen and oxygen atoms in total. The number of hydrogen-bond acceptors (Lipinski definition) is 3. The van der Waals surface area contributed by atoms with E-state index in [1.165, 1.54) is 30.0 Å². The molecular formula is C15H11ClFN3OS. The van der Waals surface area contributed by atoms with Gasteiger partial charge in [-0.15, -0.1) is 0 Å². The number of aromatic nitrogens is 2. The van der Waals surface area contributed by atoms with E-state index < -0.39 is 5.82 Å². The van der Waals surface area contributed by atoms with Crippen molar-refractivity contribution in [2.75, 3.05) is 11.1 Å². The smallest absolute Gasteiger partial charge is 0.234 e. The number of carbonyl (C=O) groups is 1. The molecule has 0 aliphatic rings. The number of aromatic amines is 1. The number of hydrogen-bond donors (Lipinski definition) is 2. The summed E-state index contributed by atoms with van der Waals surface area (Å²) < 4.78 is 13.0. The van der Waals surface area contributed by atoms with Crippen molar-refractivity contribution in [3.8, 4) is 0 Å². The summed E-state index contributed by atoms with van der Waals surface area (Å²) in [4.78, 5) is 19.4. The predicted octanol–water partition coefficient (Wildman–Crippen LogP) is 4.09. The molecule has 0 atom stereocenters. The molecule has 0 saturated heterocycles. The minimum absolute atomic E-state index is 0.0252. The lowest BCUT2D eigenvalue weighted by atomic mass is 10.3. The second-order valence-electron chi connectivity index (χ2n) is 4.52. The van der Waals surface area contributed by atoms with E-state index in [-0.39, 0.29) is 16.7 Å². The third-order valence-electron chi connectivity index (χ3n) is 2.91. The lowest BCUT2D eigenvalue weighted by molar-refractivity contribution is -0.113. The van der Waals surface area contributed by atoms with Gasteiger partial charge in [0.25, 0.3) is 0 Å². The highest BCUT2D eigenvalue weighted by Crippen LogP contribution is 2.21. The molecule has 7 heteroatoms. The van der Waals surface area contributed by atoms with Crippen LogP contribution in [0.2, 0.25) is 5.02 Å². The van der Waals surface area contributed by atoms with Crippen molar-refractivity contribution in [1.29, 1.82) is 0 Å². The van der Waals surface area contributed by atoms with E-state index in [4.69, 9.17) is 11.6 Å². The molecule has 2 aromatic carbocycles. The Morgan fingerprint density at radius 3 is 2.91 bits per heavy atom. The van der Waals surface area contributed by atoms with Crippen LogP contribution in [-0.2, 0) is 4.79 Å². The summed E-state index contributed by atoms with van der Waals surface area (Å²) in [7, 11) is 0. The van der Waals surface area contributed by atoms with E-state index >= 15 is 0 Å². The average Bonchev–Trinajstić information content (AvgIpc) is 2.92. The summed E-state index contributed by atoms with van der Waals surface area (Å²) in [5.41, 5.74) is 2.24. The monoisotopic (exact) mass is 335 g/mol. The first-order chi connectivity index (χ1) is 10.6. The van der Waals surface area contributed by atoms with E-state index in [9.17, 15) is 9.18 Å². The molecule has 1 aromatic heterocycles. The summed E-state index contributed by atoms with van der Waals surface area (Å²) in [5.74, 6) is -0.543. The topological polar surface area (TPSA) is 57.8 Å². The first kappa shape index (κ1) is 14.9.